The van der Waals surface area contributed by atoms with Crippen LogP contribution in [0.5, 0.6) is 0 Å². The number of aryl methyl sites for hydroxylation is 2. The van der Waals surface area contributed by atoms with Gasteiger partial charge in [-0.3, -0.25) is 4.79 Å². The van der Waals surface area contributed by atoms with Crippen LogP contribution in [0.3, 0.4) is 0 Å². The van der Waals surface area contributed by atoms with Gasteiger partial charge in [-0.15, -0.1) is 11.3 Å². The first-order valence-corrected chi connectivity index (χ1v) is 9.32. The van der Waals surface area contributed by atoms with Gasteiger partial charge in [0.15, 0.2) is 0 Å². The maximum absolute atomic E-state index is 12.4. The quantitative estimate of drug-likeness (QED) is 0.610. The van der Waals surface area contributed by atoms with Crippen LogP contribution >= 0.6 is 27.3 Å². The zero-order chi connectivity index (χ0) is 17.1. The fraction of sp³-hybridized carbons (Fsp3) is 0.158. The van der Waals surface area contributed by atoms with Crippen LogP contribution < -0.4 is 5.32 Å². The van der Waals surface area contributed by atoms with Crippen molar-refractivity contribution in [1.29, 1.82) is 0 Å². The highest BCUT2D eigenvalue weighted by molar-refractivity contribution is 9.10. The van der Waals surface area contributed by atoms with Gasteiger partial charge >= 0.3 is 0 Å². The Morgan fingerprint density at radius 1 is 1.17 bits per heavy atom. The molecule has 24 heavy (non-hydrogen) atoms. The van der Waals surface area contributed by atoms with E-state index in [9.17, 15) is 4.79 Å². The number of hydrogen-bond donors (Lipinski definition) is 1. The molecule has 0 aliphatic rings. The normalized spacial score (nSPS) is 10.6. The lowest BCUT2D eigenvalue weighted by atomic mass is 10.1. The van der Waals surface area contributed by atoms with Crippen molar-refractivity contribution in [3.05, 3.63) is 68.5 Å². The van der Waals surface area contributed by atoms with Crippen molar-refractivity contribution in [3.8, 4) is 11.3 Å². The Hall–Kier alpha value is -1.98. The van der Waals surface area contributed by atoms with Crippen LogP contribution in [0.15, 0.2) is 53.0 Å². The number of aromatic nitrogens is 1. The van der Waals surface area contributed by atoms with Gasteiger partial charge in [0.05, 0.1) is 16.4 Å². The molecule has 1 N–H and O–H groups in total. The van der Waals surface area contributed by atoms with E-state index in [1.165, 1.54) is 4.88 Å². The zero-order valence-corrected chi connectivity index (χ0v) is 15.9. The van der Waals surface area contributed by atoms with Crippen LogP contribution in [0, 0.1) is 6.92 Å². The minimum absolute atomic E-state index is 0.126. The number of carbonyl (C=O) groups is 1. The number of para-hydroxylation sites is 1. The predicted octanol–water partition coefficient (Wildman–Crippen LogP) is 5.70. The smallest absolute Gasteiger partial charge is 0.255 e. The van der Waals surface area contributed by atoms with Gasteiger partial charge in [0, 0.05) is 20.5 Å². The summed E-state index contributed by atoms with van der Waals surface area (Å²) in [5.41, 5.74) is 3.46. The molecule has 0 aliphatic carbocycles. The van der Waals surface area contributed by atoms with Crippen LogP contribution in [0.2, 0.25) is 0 Å². The standard InChI is InChI=1S/C19H17BrN2OS/c1-3-17-18(21-12(2)24-17)13-8-10-14(11-9-13)19(23)22-16-7-5-4-6-15(16)20/h4-11H,3H2,1-2H3,(H,22,23). The second-order valence-electron chi connectivity index (χ2n) is 5.37. The van der Waals surface area contributed by atoms with Gasteiger partial charge in [-0.25, -0.2) is 4.98 Å². The maximum atomic E-state index is 12.4. The maximum Gasteiger partial charge on any atom is 0.255 e. The van der Waals surface area contributed by atoms with Crippen LogP contribution in [-0.4, -0.2) is 10.9 Å². The summed E-state index contributed by atoms with van der Waals surface area (Å²) in [5, 5.41) is 3.98. The Kier molecular flexibility index (Phi) is 5.11. The summed E-state index contributed by atoms with van der Waals surface area (Å²) in [7, 11) is 0. The monoisotopic (exact) mass is 400 g/mol. The Labute approximate surface area is 153 Å². The summed E-state index contributed by atoms with van der Waals surface area (Å²) in [6.07, 6.45) is 0.963. The van der Waals surface area contributed by atoms with Gasteiger partial charge in [0.1, 0.15) is 0 Å². The molecule has 0 saturated heterocycles. The first-order chi connectivity index (χ1) is 11.6. The van der Waals surface area contributed by atoms with Crippen molar-refractivity contribution in [3.63, 3.8) is 0 Å². The molecule has 1 amide bonds. The highest BCUT2D eigenvalue weighted by atomic mass is 79.9. The SMILES string of the molecule is CCc1sc(C)nc1-c1ccc(C(=O)Nc2ccccc2Br)cc1. The number of nitrogens with one attached hydrogen (secondary N) is 1. The Bertz CT molecular complexity index is 871. The molecule has 1 heterocycles. The number of hydrogen-bond acceptors (Lipinski definition) is 3. The number of anilines is 1. The molecular weight excluding hydrogens is 384 g/mol. The highest BCUT2D eigenvalue weighted by Gasteiger charge is 2.12. The van der Waals surface area contributed by atoms with Gasteiger partial charge in [-0.1, -0.05) is 31.2 Å². The van der Waals surface area contributed by atoms with E-state index in [0.717, 1.165) is 32.8 Å². The molecule has 0 radical (unpaired) electrons. The number of nitrogens with zero attached hydrogens (tertiary/aromatic N) is 1. The third-order valence-corrected chi connectivity index (χ3v) is 5.47. The lowest BCUT2D eigenvalue weighted by Crippen LogP contribution is -2.12. The molecule has 122 valence electrons. The fourth-order valence-corrected chi connectivity index (χ4v) is 3.75. The second-order valence-corrected chi connectivity index (χ2v) is 7.51. The van der Waals surface area contributed by atoms with E-state index in [1.54, 1.807) is 11.3 Å². The topological polar surface area (TPSA) is 42.0 Å². The molecule has 3 rings (SSSR count). The minimum atomic E-state index is -0.126. The molecule has 3 aromatic rings. The predicted molar refractivity (Wildman–Crippen MR) is 104 cm³/mol. The van der Waals surface area contributed by atoms with Crippen LogP contribution in [-0.2, 0) is 6.42 Å². The summed E-state index contributed by atoms with van der Waals surface area (Å²) < 4.78 is 0.862. The molecule has 3 nitrogen and oxygen atoms in total. The number of rotatable bonds is 4. The molecule has 0 unspecified atom stereocenters. The van der Waals surface area contributed by atoms with E-state index >= 15 is 0 Å². The van der Waals surface area contributed by atoms with Crippen molar-refractivity contribution >= 4 is 38.9 Å². The number of halogens is 1. The first kappa shape index (κ1) is 16.9. The minimum Gasteiger partial charge on any atom is -0.321 e. The first-order valence-electron chi connectivity index (χ1n) is 7.71. The third-order valence-electron chi connectivity index (χ3n) is 3.67. The summed E-state index contributed by atoms with van der Waals surface area (Å²) in [6, 6.07) is 15.2. The highest BCUT2D eigenvalue weighted by Crippen LogP contribution is 2.29. The van der Waals surface area contributed by atoms with E-state index in [0.29, 0.717) is 5.56 Å². The van der Waals surface area contributed by atoms with Gasteiger partial charge in [-0.05, 0) is 53.5 Å². The van der Waals surface area contributed by atoms with Crippen molar-refractivity contribution in [2.45, 2.75) is 20.3 Å². The van der Waals surface area contributed by atoms with E-state index in [-0.39, 0.29) is 5.91 Å². The van der Waals surface area contributed by atoms with Crippen molar-refractivity contribution in [2.75, 3.05) is 5.32 Å². The Balaban J connectivity index is 1.81. The van der Waals surface area contributed by atoms with E-state index in [4.69, 9.17) is 0 Å². The molecular formula is C19H17BrN2OS. The molecule has 0 bridgehead atoms. The molecule has 5 heteroatoms. The lowest BCUT2D eigenvalue weighted by molar-refractivity contribution is 0.102. The summed E-state index contributed by atoms with van der Waals surface area (Å²) in [5.74, 6) is -0.126. The Morgan fingerprint density at radius 2 is 1.88 bits per heavy atom. The van der Waals surface area contributed by atoms with Crippen molar-refractivity contribution < 1.29 is 4.79 Å². The molecule has 0 fully saturated rings. The fourth-order valence-electron chi connectivity index (χ4n) is 2.47. The molecule has 0 aliphatic heterocycles. The largest absolute Gasteiger partial charge is 0.321 e. The molecule has 1 aromatic heterocycles. The van der Waals surface area contributed by atoms with E-state index in [1.807, 2.05) is 55.5 Å². The summed E-state index contributed by atoms with van der Waals surface area (Å²) in [4.78, 5) is 18.3. The molecule has 0 spiro atoms. The molecule has 0 saturated carbocycles. The average Bonchev–Trinajstić information content (AvgIpc) is 2.98. The van der Waals surface area contributed by atoms with Crippen molar-refractivity contribution in [2.24, 2.45) is 0 Å². The van der Waals surface area contributed by atoms with Gasteiger partial charge < -0.3 is 5.32 Å². The van der Waals surface area contributed by atoms with Crippen molar-refractivity contribution in [1.82, 2.24) is 4.98 Å². The number of benzene rings is 2. The zero-order valence-electron chi connectivity index (χ0n) is 13.5. The third kappa shape index (κ3) is 3.57. The molecule has 2 aromatic carbocycles. The van der Waals surface area contributed by atoms with Crippen LogP contribution in [0.25, 0.3) is 11.3 Å². The number of amides is 1. The number of thiazole rings is 1. The van der Waals surface area contributed by atoms with Gasteiger partial charge in [-0.2, -0.15) is 0 Å². The number of carbonyl (C=O) groups excluding carboxylic acids is 1. The van der Waals surface area contributed by atoms with Gasteiger partial charge in [0.25, 0.3) is 5.91 Å². The van der Waals surface area contributed by atoms with Crippen LogP contribution in [0.4, 0.5) is 5.69 Å². The summed E-state index contributed by atoms with van der Waals surface area (Å²) in [6.45, 7) is 4.16. The lowest BCUT2D eigenvalue weighted by Gasteiger charge is -2.08. The average molecular weight is 401 g/mol. The van der Waals surface area contributed by atoms with E-state index < -0.39 is 0 Å². The second kappa shape index (κ2) is 7.28. The van der Waals surface area contributed by atoms with Crippen LogP contribution in [0.1, 0.15) is 27.2 Å². The Morgan fingerprint density at radius 3 is 2.54 bits per heavy atom. The molecule has 0 atom stereocenters. The van der Waals surface area contributed by atoms with E-state index in [2.05, 4.69) is 33.2 Å². The van der Waals surface area contributed by atoms with Gasteiger partial charge in [0.2, 0.25) is 0 Å². The summed E-state index contributed by atoms with van der Waals surface area (Å²) >= 11 is 5.16.